The SMILES string of the molecule is c1ccc(-n2c3ccccc3c3ccccc32)c(C(=C2c3cccnc3-c3ncccc32)c2ccccc2-n2c3ccccc3c3ccccc32)c1. The predicted molar refractivity (Wildman–Crippen MR) is 214 cm³/mol. The summed E-state index contributed by atoms with van der Waals surface area (Å²) in [6, 6.07) is 61.2. The van der Waals surface area contributed by atoms with Gasteiger partial charge in [-0.3, -0.25) is 9.97 Å². The molecule has 4 nitrogen and oxygen atoms in total. The lowest BCUT2D eigenvalue weighted by Gasteiger charge is -2.22. The summed E-state index contributed by atoms with van der Waals surface area (Å²) in [6.07, 6.45) is 3.75. The van der Waals surface area contributed by atoms with Crippen molar-refractivity contribution in [3.05, 3.63) is 205 Å². The Morgan fingerprint density at radius 2 is 0.692 bits per heavy atom. The standard InChI is InChI=1S/C48H30N4/c1-7-23-39-31(15-1)32-16-2-8-24-40(32)51(39)43-27-11-5-19-35(43)45(46-37-21-13-29-49-47(37)48-38(46)22-14-30-50-48)36-20-6-12-28-44(36)52-41-25-9-3-17-33(41)34-18-4-10-26-42(34)52/h1-30H. The molecule has 1 aliphatic carbocycles. The monoisotopic (exact) mass is 662 g/mol. The molecule has 0 spiro atoms. The first kappa shape index (κ1) is 28.8. The number of hydrogen-bond donors (Lipinski definition) is 0. The summed E-state index contributed by atoms with van der Waals surface area (Å²) in [6.45, 7) is 0. The molecule has 0 saturated heterocycles. The van der Waals surface area contributed by atoms with Crippen LogP contribution < -0.4 is 0 Å². The summed E-state index contributed by atoms with van der Waals surface area (Å²) in [5.41, 5.74) is 15.4. The predicted octanol–water partition coefficient (Wildman–Crippen LogP) is 11.7. The molecule has 6 aromatic carbocycles. The zero-order valence-electron chi connectivity index (χ0n) is 28.1. The summed E-state index contributed by atoms with van der Waals surface area (Å²) in [4.78, 5) is 9.84. The van der Waals surface area contributed by atoms with E-state index in [4.69, 9.17) is 9.97 Å². The second kappa shape index (κ2) is 11.2. The third-order valence-corrected chi connectivity index (χ3v) is 10.6. The van der Waals surface area contributed by atoms with Crippen molar-refractivity contribution < 1.29 is 0 Å². The third kappa shape index (κ3) is 4.03. The van der Waals surface area contributed by atoms with Gasteiger partial charge < -0.3 is 9.13 Å². The van der Waals surface area contributed by atoms with Gasteiger partial charge >= 0.3 is 0 Å². The molecule has 0 amide bonds. The van der Waals surface area contributed by atoms with E-state index in [1.165, 1.54) is 43.6 Å². The number of aromatic nitrogens is 4. The minimum atomic E-state index is 0.911. The fourth-order valence-electron chi connectivity index (χ4n) is 8.54. The van der Waals surface area contributed by atoms with Crippen molar-refractivity contribution in [1.29, 1.82) is 0 Å². The summed E-state index contributed by atoms with van der Waals surface area (Å²) in [7, 11) is 0. The molecule has 0 atom stereocenters. The molecule has 0 N–H and O–H groups in total. The number of benzene rings is 6. The van der Waals surface area contributed by atoms with Crippen molar-refractivity contribution in [3.63, 3.8) is 0 Å². The molecule has 4 heteroatoms. The molecule has 242 valence electrons. The number of nitrogens with zero attached hydrogens (tertiary/aromatic N) is 4. The highest BCUT2D eigenvalue weighted by atomic mass is 15.0. The molecule has 0 bridgehead atoms. The van der Waals surface area contributed by atoms with Crippen molar-refractivity contribution in [2.45, 2.75) is 0 Å². The van der Waals surface area contributed by atoms with Crippen LogP contribution in [0.5, 0.6) is 0 Å². The van der Waals surface area contributed by atoms with E-state index in [-0.39, 0.29) is 0 Å². The molecule has 0 unspecified atom stereocenters. The first-order valence-corrected chi connectivity index (χ1v) is 17.7. The van der Waals surface area contributed by atoms with Crippen molar-refractivity contribution in [1.82, 2.24) is 19.1 Å². The van der Waals surface area contributed by atoms with Crippen molar-refractivity contribution in [2.75, 3.05) is 0 Å². The van der Waals surface area contributed by atoms with Crippen LogP contribution in [0.4, 0.5) is 0 Å². The minimum absolute atomic E-state index is 0.911. The summed E-state index contributed by atoms with van der Waals surface area (Å²) < 4.78 is 4.87. The molecule has 11 rings (SSSR count). The first-order chi connectivity index (χ1) is 25.9. The van der Waals surface area contributed by atoms with Gasteiger partial charge in [-0.05, 0) is 48.5 Å². The van der Waals surface area contributed by atoms with Gasteiger partial charge in [0.2, 0.25) is 0 Å². The lowest BCUT2D eigenvalue weighted by atomic mass is 9.87. The molecular weight excluding hydrogens is 633 g/mol. The Balaban J connectivity index is 1.32. The highest BCUT2D eigenvalue weighted by Gasteiger charge is 2.31. The number of para-hydroxylation sites is 6. The molecule has 4 aromatic heterocycles. The van der Waals surface area contributed by atoms with Crippen LogP contribution in [-0.4, -0.2) is 19.1 Å². The van der Waals surface area contributed by atoms with Gasteiger partial charge in [0.25, 0.3) is 0 Å². The molecule has 0 radical (unpaired) electrons. The summed E-state index contributed by atoms with van der Waals surface area (Å²) >= 11 is 0. The minimum Gasteiger partial charge on any atom is -0.309 e. The smallest absolute Gasteiger partial charge is 0.0971 e. The van der Waals surface area contributed by atoms with Crippen LogP contribution in [0.3, 0.4) is 0 Å². The van der Waals surface area contributed by atoms with E-state index in [1.54, 1.807) is 0 Å². The maximum absolute atomic E-state index is 4.92. The zero-order valence-corrected chi connectivity index (χ0v) is 28.1. The molecular formula is C48H30N4. The zero-order chi connectivity index (χ0) is 34.2. The molecule has 52 heavy (non-hydrogen) atoms. The van der Waals surface area contributed by atoms with Gasteiger partial charge in [-0.15, -0.1) is 0 Å². The fourth-order valence-corrected chi connectivity index (χ4v) is 8.54. The second-order valence-electron chi connectivity index (χ2n) is 13.3. The maximum atomic E-state index is 4.92. The van der Waals surface area contributed by atoms with Gasteiger partial charge in [0, 0.05) is 67.3 Å². The van der Waals surface area contributed by atoms with Crippen molar-refractivity contribution >= 4 is 54.8 Å². The molecule has 10 aromatic rings. The number of pyridine rings is 2. The molecule has 0 aliphatic heterocycles. The van der Waals surface area contributed by atoms with Crippen LogP contribution in [0.1, 0.15) is 22.3 Å². The summed E-state index contributed by atoms with van der Waals surface area (Å²) in [5.74, 6) is 0. The first-order valence-electron chi connectivity index (χ1n) is 17.7. The highest BCUT2D eigenvalue weighted by molar-refractivity contribution is 6.16. The van der Waals surface area contributed by atoms with Crippen LogP contribution in [0.2, 0.25) is 0 Å². The van der Waals surface area contributed by atoms with Gasteiger partial charge in [0.1, 0.15) is 0 Å². The molecule has 1 aliphatic rings. The van der Waals surface area contributed by atoms with Crippen LogP contribution in [0, 0.1) is 0 Å². The average Bonchev–Trinajstić information content (AvgIpc) is 3.85. The van der Waals surface area contributed by atoms with Crippen molar-refractivity contribution in [3.8, 4) is 22.8 Å². The Hall–Kier alpha value is -7.04. The van der Waals surface area contributed by atoms with E-state index in [1.807, 2.05) is 24.5 Å². The fraction of sp³-hybridized carbons (Fsp3) is 0. The Kier molecular flexibility index (Phi) is 6.22. The van der Waals surface area contributed by atoms with Crippen LogP contribution in [0.15, 0.2) is 182 Å². The number of rotatable bonds is 4. The quantitative estimate of drug-likeness (QED) is 0.188. The second-order valence-corrected chi connectivity index (χ2v) is 13.3. The van der Waals surface area contributed by atoms with E-state index >= 15 is 0 Å². The third-order valence-electron chi connectivity index (χ3n) is 10.6. The molecule has 0 saturated carbocycles. The maximum Gasteiger partial charge on any atom is 0.0971 e. The Bertz CT molecular complexity index is 2770. The largest absolute Gasteiger partial charge is 0.309 e. The van der Waals surface area contributed by atoms with Gasteiger partial charge in [-0.1, -0.05) is 121 Å². The lowest BCUT2D eigenvalue weighted by molar-refractivity contribution is 1.15. The van der Waals surface area contributed by atoms with E-state index in [0.29, 0.717) is 0 Å². The number of hydrogen-bond acceptors (Lipinski definition) is 2. The number of fused-ring (bicyclic) bond motifs is 9. The van der Waals surface area contributed by atoms with Crippen LogP contribution >= 0.6 is 0 Å². The van der Waals surface area contributed by atoms with E-state index in [9.17, 15) is 0 Å². The lowest BCUT2D eigenvalue weighted by Crippen LogP contribution is -2.06. The van der Waals surface area contributed by atoms with Gasteiger partial charge in [0.15, 0.2) is 0 Å². The van der Waals surface area contributed by atoms with E-state index in [2.05, 4.69) is 167 Å². The Labute approximate surface area is 300 Å². The summed E-state index contributed by atoms with van der Waals surface area (Å²) in [5, 5.41) is 4.94. The molecule has 0 fully saturated rings. The Morgan fingerprint density at radius 1 is 0.346 bits per heavy atom. The van der Waals surface area contributed by atoms with E-state index in [0.717, 1.165) is 56.2 Å². The highest BCUT2D eigenvalue weighted by Crippen LogP contribution is 2.50. The van der Waals surface area contributed by atoms with Gasteiger partial charge in [-0.2, -0.15) is 0 Å². The topological polar surface area (TPSA) is 35.6 Å². The van der Waals surface area contributed by atoms with Gasteiger partial charge in [-0.25, -0.2) is 0 Å². The molecule has 4 heterocycles. The normalized spacial score (nSPS) is 12.2. The average molecular weight is 663 g/mol. The Morgan fingerprint density at radius 3 is 1.10 bits per heavy atom. The van der Waals surface area contributed by atoms with Crippen molar-refractivity contribution in [2.24, 2.45) is 0 Å². The van der Waals surface area contributed by atoms with Gasteiger partial charge in [0.05, 0.1) is 44.8 Å². The van der Waals surface area contributed by atoms with Crippen LogP contribution in [0.25, 0.3) is 77.5 Å². The van der Waals surface area contributed by atoms with E-state index < -0.39 is 0 Å². The van der Waals surface area contributed by atoms with Crippen LogP contribution in [-0.2, 0) is 0 Å².